The van der Waals surface area contributed by atoms with Gasteiger partial charge in [-0.15, -0.1) is 0 Å². The van der Waals surface area contributed by atoms with Gasteiger partial charge >= 0.3 is 0 Å². The van der Waals surface area contributed by atoms with Gasteiger partial charge in [-0.3, -0.25) is 13.9 Å². The number of hydrogen-bond acceptors (Lipinski definition) is 4. The molecule has 2 aromatic carbocycles. The molecule has 0 aliphatic heterocycles. The predicted octanol–water partition coefficient (Wildman–Crippen LogP) is 4.87. The Bertz CT molecular complexity index is 1140. The van der Waals surface area contributed by atoms with Gasteiger partial charge in [-0.2, -0.15) is 0 Å². The summed E-state index contributed by atoms with van der Waals surface area (Å²) in [5.41, 5.74) is 0.814. The summed E-state index contributed by atoms with van der Waals surface area (Å²) in [6.07, 6.45) is 1.19. The summed E-state index contributed by atoms with van der Waals surface area (Å²) in [7, 11) is -3.67. The highest BCUT2D eigenvalue weighted by Crippen LogP contribution is 2.27. The lowest BCUT2D eigenvalue weighted by molar-refractivity contribution is -0.140. The topological polar surface area (TPSA) is 86.8 Å². The standard InChI is InChI=1S/C25H32Cl2FN3O4S/c1-17(2)15-29-25(33)18(3)30(16-21-22(26)7-5-8-23(21)27)24(32)9-6-14-31(36(4,34)35)20-12-10-19(28)11-13-20/h5,7-8,10-13,17-18H,6,9,14-16H2,1-4H3,(H,29,33)/t18-/m0/s1. The molecule has 0 unspecified atom stereocenters. The van der Waals surface area contributed by atoms with E-state index < -0.39 is 21.9 Å². The summed E-state index contributed by atoms with van der Waals surface area (Å²) in [5.74, 6) is -0.923. The summed E-state index contributed by atoms with van der Waals surface area (Å²) >= 11 is 12.6. The van der Waals surface area contributed by atoms with E-state index in [0.717, 1.165) is 10.6 Å². The second-order valence-electron chi connectivity index (χ2n) is 8.95. The SMILES string of the molecule is CC(C)CNC(=O)[C@H](C)N(Cc1c(Cl)cccc1Cl)C(=O)CCCN(c1ccc(F)cc1)S(C)(=O)=O. The minimum atomic E-state index is -3.67. The van der Waals surface area contributed by atoms with Crippen LogP contribution >= 0.6 is 23.2 Å². The Morgan fingerprint density at radius 1 is 1.03 bits per heavy atom. The lowest BCUT2D eigenvalue weighted by Crippen LogP contribution is -2.48. The van der Waals surface area contributed by atoms with Crippen LogP contribution in [0.2, 0.25) is 10.0 Å². The molecular weight excluding hydrogens is 528 g/mol. The number of halogens is 3. The van der Waals surface area contributed by atoms with E-state index >= 15 is 0 Å². The number of anilines is 1. The Kier molecular flexibility index (Phi) is 11.0. The molecule has 0 fully saturated rings. The first-order valence-electron chi connectivity index (χ1n) is 11.5. The van der Waals surface area contributed by atoms with Crippen LogP contribution in [0.5, 0.6) is 0 Å². The molecule has 36 heavy (non-hydrogen) atoms. The van der Waals surface area contributed by atoms with Crippen molar-refractivity contribution >= 4 is 50.7 Å². The number of nitrogens with one attached hydrogen (secondary N) is 1. The Morgan fingerprint density at radius 3 is 2.14 bits per heavy atom. The Balaban J connectivity index is 2.21. The van der Waals surface area contributed by atoms with Crippen molar-refractivity contribution in [2.45, 2.75) is 46.2 Å². The third kappa shape index (κ3) is 8.64. The van der Waals surface area contributed by atoms with Crippen molar-refractivity contribution in [1.29, 1.82) is 0 Å². The summed E-state index contributed by atoms with van der Waals surface area (Å²) in [5, 5.41) is 3.58. The van der Waals surface area contributed by atoms with Crippen LogP contribution in [-0.4, -0.2) is 50.5 Å². The quantitative estimate of drug-likeness (QED) is 0.402. The van der Waals surface area contributed by atoms with Crippen molar-refractivity contribution in [1.82, 2.24) is 10.2 Å². The van der Waals surface area contributed by atoms with Crippen LogP contribution in [0.25, 0.3) is 0 Å². The highest BCUT2D eigenvalue weighted by molar-refractivity contribution is 7.92. The van der Waals surface area contributed by atoms with Gasteiger partial charge in [0.05, 0.1) is 11.9 Å². The highest BCUT2D eigenvalue weighted by atomic mass is 35.5. The van der Waals surface area contributed by atoms with Crippen LogP contribution in [0.3, 0.4) is 0 Å². The van der Waals surface area contributed by atoms with E-state index in [1.807, 2.05) is 13.8 Å². The van der Waals surface area contributed by atoms with Crippen molar-refractivity contribution in [3.63, 3.8) is 0 Å². The maximum Gasteiger partial charge on any atom is 0.242 e. The fourth-order valence-electron chi connectivity index (χ4n) is 3.50. The first kappa shape index (κ1) is 29.9. The number of carbonyl (C=O) groups is 2. The molecule has 0 bridgehead atoms. The van der Waals surface area contributed by atoms with Crippen LogP contribution in [0.4, 0.5) is 10.1 Å². The van der Waals surface area contributed by atoms with Crippen LogP contribution < -0.4 is 9.62 Å². The van der Waals surface area contributed by atoms with E-state index in [9.17, 15) is 22.4 Å². The zero-order chi connectivity index (χ0) is 27.0. The summed E-state index contributed by atoms with van der Waals surface area (Å²) in [6, 6.07) is 9.26. The van der Waals surface area contributed by atoms with Gasteiger partial charge in [0.25, 0.3) is 0 Å². The first-order valence-corrected chi connectivity index (χ1v) is 14.1. The van der Waals surface area contributed by atoms with Crippen LogP contribution in [0.15, 0.2) is 42.5 Å². The van der Waals surface area contributed by atoms with E-state index in [0.29, 0.717) is 27.8 Å². The molecule has 2 aromatic rings. The van der Waals surface area contributed by atoms with Crippen molar-refractivity contribution in [3.8, 4) is 0 Å². The smallest absolute Gasteiger partial charge is 0.242 e. The number of nitrogens with zero attached hydrogens (tertiary/aromatic N) is 2. The molecule has 1 atom stereocenters. The van der Waals surface area contributed by atoms with Gasteiger partial charge in [-0.25, -0.2) is 12.8 Å². The van der Waals surface area contributed by atoms with Gasteiger partial charge < -0.3 is 10.2 Å². The van der Waals surface area contributed by atoms with Crippen molar-refractivity contribution in [3.05, 3.63) is 63.9 Å². The normalized spacial score (nSPS) is 12.3. The molecule has 0 aliphatic carbocycles. The van der Waals surface area contributed by atoms with E-state index in [4.69, 9.17) is 23.2 Å². The summed E-state index contributed by atoms with van der Waals surface area (Å²) in [6.45, 7) is 6.03. The Labute approximate surface area is 222 Å². The van der Waals surface area contributed by atoms with E-state index in [1.165, 1.54) is 29.2 Å². The van der Waals surface area contributed by atoms with E-state index in [1.54, 1.807) is 25.1 Å². The predicted molar refractivity (Wildman–Crippen MR) is 142 cm³/mol. The molecule has 2 rings (SSSR count). The second kappa shape index (κ2) is 13.3. The lowest BCUT2D eigenvalue weighted by atomic mass is 10.1. The molecule has 0 heterocycles. The van der Waals surface area contributed by atoms with Crippen LogP contribution in [-0.2, 0) is 26.2 Å². The second-order valence-corrected chi connectivity index (χ2v) is 11.7. The fourth-order valence-corrected chi connectivity index (χ4v) is 4.98. The average Bonchev–Trinajstić information content (AvgIpc) is 2.79. The maximum atomic E-state index is 13.3. The number of benzene rings is 2. The third-order valence-electron chi connectivity index (χ3n) is 5.51. The number of amides is 2. The maximum absolute atomic E-state index is 13.3. The zero-order valence-corrected chi connectivity index (χ0v) is 23.1. The molecule has 0 aromatic heterocycles. The van der Waals surface area contributed by atoms with Crippen molar-refractivity contribution < 1.29 is 22.4 Å². The number of carbonyl (C=O) groups excluding carboxylic acids is 2. The Morgan fingerprint density at radius 2 is 1.61 bits per heavy atom. The minimum absolute atomic E-state index is 0.00478. The molecule has 0 saturated carbocycles. The molecule has 198 valence electrons. The van der Waals surface area contributed by atoms with Crippen molar-refractivity contribution in [2.75, 3.05) is 23.7 Å². The lowest BCUT2D eigenvalue weighted by Gasteiger charge is -2.30. The molecule has 1 N–H and O–H groups in total. The average molecular weight is 561 g/mol. The van der Waals surface area contributed by atoms with Gasteiger partial charge in [0, 0.05) is 41.7 Å². The molecule has 7 nitrogen and oxygen atoms in total. The van der Waals surface area contributed by atoms with Gasteiger partial charge in [0.2, 0.25) is 21.8 Å². The van der Waals surface area contributed by atoms with Gasteiger partial charge in [0.1, 0.15) is 11.9 Å². The molecule has 0 spiro atoms. The molecule has 0 radical (unpaired) electrons. The van der Waals surface area contributed by atoms with Gasteiger partial charge in [-0.1, -0.05) is 43.1 Å². The fraction of sp³-hybridized carbons (Fsp3) is 0.440. The van der Waals surface area contributed by atoms with Crippen molar-refractivity contribution in [2.24, 2.45) is 5.92 Å². The number of sulfonamides is 1. The molecule has 0 aliphatic rings. The van der Waals surface area contributed by atoms with Crippen LogP contribution in [0.1, 0.15) is 39.2 Å². The number of rotatable bonds is 12. The summed E-state index contributed by atoms with van der Waals surface area (Å²) in [4.78, 5) is 27.5. The van der Waals surface area contributed by atoms with E-state index in [-0.39, 0.29) is 43.7 Å². The largest absolute Gasteiger partial charge is 0.354 e. The summed E-state index contributed by atoms with van der Waals surface area (Å²) < 4.78 is 39.1. The highest BCUT2D eigenvalue weighted by Gasteiger charge is 2.28. The number of hydrogen-bond donors (Lipinski definition) is 1. The molecule has 0 saturated heterocycles. The third-order valence-corrected chi connectivity index (χ3v) is 7.41. The minimum Gasteiger partial charge on any atom is -0.354 e. The van der Waals surface area contributed by atoms with Gasteiger partial charge in [0.15, 0.2) is 0 Å². The van der Waals surface area contributed by atoms with Gasteiger partial charge in [-0.05, 0) is 55.7 Å². The zero-order valence-electron chi connectivity index (χ0n) is 20.8. The monoisotopic (exact) mass is 559 g/mol. The molecular formula is C25H32Cl2FN3O4S. The Hall–Kier alpha value is -2.36. The molecule has 11 heteroatoms. The molecule has 2 amide bonds. The van der Waals surface area contributed by atoms with E-state index in [2.05, 4.69) is 5.32 Å². The van der Waals surface area contributed by atoms with Crippen LogP contribution in [0, 0.1) is 11.7 Å². The first-order chi connectivity index (χ1) is 16.8.